The maximum atomic E-state index is 11.4. The second-order valence-electron chi connectivity index (χ2n) is 4.47. The molecule has 1 radical (unpaired) electrons. The fraction of sp³-hybridized carbons (Fsp3) is 0.818. The highest BCUT2D eigenvalue weighted by Gasteiger charge is 2.39. The standard InChI is InChI=1S/C11H20NO2S/c1-9(2)8-15-14-11(10(12)13)6-4-3-5-7-11/h6,9H,3-5,7-8H2,1-2H3,(H2,12,13). The molecule has 1 unspecified atom stereocenters. The zero-order chi connectivity index (χ0) is 11.3. The first-order chi connectivity index (χ1) is 7.07. The number of hydrogen-bond donors (Lipinski definition) is 1. The smallest absolute Gasteiger partial charge is 0.251 e. The van der Waals surface area contributed by atoms with Gasteiger partial charge in [0.1, 0.15) is 0 Å². The van der Waals surface area contributed by atoms with Crippen LogP contribution in [0.15, 0.2) is 0 Å². The topological polar surface area (TPSA) is 52.3 Å². The van der Waals surface area contributed by atoms with Crippen molar-refractivity contribution in [2.24, 2.45) is 11.7 Å². The number of carbonyl (C=O) groups excluding carboxylic acids is 1. The van der Waals surface area contributed by atoms with E-state index in [9.17, 15) is 4.79 Å². The average molecular weight is 230 g/mol. The quantitative estimate of drug-likeness (QED) is 0.737. The van der Waals surface area contributed by atoms with Crippen LogP contribution in [0.1, 0.15) is 39.5 Å². The summed E-state index contributed by atoms with van der Waals surface area (Å²) in [6, 6.07) is 0. The third-order valence-corrected chi connectivity index (χ3v) is 3.72. The fourth-order valence-corrected chi connectivity index (χ4v) is 2.37. The van der Waals surface area contributed by atoms with Gasteiger partial charge in [0, 0.05) is 12.2 Å². The fourth-order valence-electron chi connectivity index (χ4n) is 1.59. The summed E-state index contributed by atoms with van der Waals surface area (Å²) in [7, 11) is 0. The van der Waals surface area contributed by atoms with Gasteiger partial charge < -0.3 is 5.73 Å². The van der Waals surface area contributed by atoms with Crippen LogP contribution < -0.4 is 5.73 Å². The van der Waals surface area contributed by atoms with E-state index in [-0.39, 0.29) is 5.91 Å². The van der Waals surface area contributed by atoms with Gasteiger partial charge in [-0.2, -0.15) is 0 Å². The number of primary amides is 1. The lowest BCUT2D eigenvalue weighted by Crippen LogP contribution is -2.47. The van der Waals surface area contributed by atoms with Crippen LogP contribution in [0.5, 0.6) is 0 Å². The monoisotopic (exact) mass is 230 g/mol. The Hall–Kier alpha value is -0.220. The Morgan fingerprint density at radius 3 is 2.80 bits per heavy atom. The van der Waals surface area contributed by atoms with Crippen LogP contribution in [-0.2, 0) is 8.98 Å². The van der Waals surface area contributed by atoms with Crippen LogP contribution in [0.25, 0.3) is 0 Å². The predicted molar refractivity (Wildman–Crippen MR) is 63.1 cm³/mol. The molecule has 0 bridgehead atoms. The molecule has 1 atom stereocenters. The molecule has 1 aliphatic carbocycles. The van der Waals surface area contributed by atoms with Crippen molar-refractivity contribution in [3.63, 3.8) is 0 Å². The molecule has 4 heteroatoms. The molecular formula is C11H20NO2S. The summed E-state index contributed by atoms with van der Waals surface area (Å²) >= 11 is 1.36. The molecule has 0 spiro atoms. The Labute approximate surface area is 96.3 Å². The number of rotatable bonds is 5. The van der Waals surface area contributed by atoms with Crippen molar-refractivity contribution in [2.45, 2.75) is 45.1 Å². The Bertz CT molecular complexity index is 213. The lowest BCUT2D eigenvalue weighted by molar-refractivity contribution is -0.131. The second kappa shape index (κ2) is 5.75. The van der Waals surface area contributed by atoms with Gasteiger partial charge in [0.2, 0.25) is 0 Å². The lowest BCUT2D eigenvalue weighted by atomic mass is 9.84. The lowest BCUT2D eigenvalue weighted by Gasteiger charge is -2.32. The van der Waals surface area contributed by atoms with E-state index in [1.54, 1.807) is 0 Å². The Morgan fingerprint density at radius 1 is 1.60 bits per heavy atom. The average Bonchev–Trinajstić information content (AvgIpc) is 2.18. The first kappa shape index (κ1) is 12.8. The summed E-state index contributed by atoms with van der Waals surface area (Å²) < 4.78 is 5.63. The highest BCUT2D eigenvalue weighted by Crippen LogP contribution is 2.34. The molecule has 1 saturated carbocycles. The minimum Gasteiger partial charge on any atom is -0.367 e. The second-order valence-corrected chi connectivity index (χ2v) is 5.20. The molecule has 0 aromatic heterocycles. The van der Waals surface area contributed by atoms with E-state index < -0.39 is 5.60 Å². The molecule has 0 aliphatic heterocycles. The van der Waals surface area contributed by atoms with Crippen molar-refractivity contribution in [1.82, 2.24) is 0 Å². The van der Waals surface area contributed by atoms with Crippen molar-refractivity contribution in [1.29, 1.82) is 0 Å². The normalized spacial score (nSPS) is 20.5. The maximum Gasteiger partial charge on any atom is 0.251 e. The van der Waals surface area contributed by atoms with Gasteiger partial charge in [-0.25, -0.2) is 0 Å². The molecular weight excluding hydrogens is 210 g/mol. The third kappa shape index (κ3) is 3.68. The van der Waals surface area contributed by atoms with E-state index in [1.165, 1.54) is 12.0 Å². The zero-order valence-corrected chi connectivity index (χ0v) is 10.3. The van der Waals surface area contributed by atoms with E-state index in [0.29, 0.717) is 5.92 Å². The molecule has 3 nitrogen and oxygen atoms in total. The summed E-state index contributed by atoms with van der Waals surface area (Å²) in [6.07, 6.45) is 5.74. The molecule has 0 aromatic carbocycles. The van der Waals surface area contributed by atoms with Gasteiger partial charge >= 0.3 is 0 Å². The van der Waals surface area contributed by atoms with Gasteiger partial charge in [0.15, 0.2) is 5.60 Å². The first-order valence-electron chi connectivity index (χ1n) is 5.52. The zero-order valence-electron chi connectivity index (χ0n) is 9.49. The van der Waals surface area contributed by atoms with Crippen LogP contribution in [0, 0.1) is 12.3 Å². The molecule has 87 valence electrons. The van der Waals surface area contributed by atoms with E-state index in [1.807, 2.05) is 6.42 Å². The molecule has 15 heavy (non-hydrogen) atoms. The van der Waals surface area contributed by atoms with Crippen LogP contribution in [0.2, 0.25) is 0 Å². The van der Waals surface area contributed by atoms with Crippen LogP contribution in [-0.4, -0.2) is 17.3 Å². The van der Waals surface area contributed by atoms with Gasteiger partial charge in [-0.15, -0.1) is 0 Å². The van der Waals surface area contributed by atoms with Crippen molar-refractivity contribution in [3.8, 4) is 0 Å². The summed E-state index contributed by atoms with van der Waals surface area (Å²) in [5, 5.41) is 0. The van der Waals surface area contributed by atoms with Crippen molar-refractivity contribution >= 4 is 17.9 Å². The van der Waals surface area contributed by atoms with E-state index >= 15 is 0 Å². The van der Waals surface area contributed by atoms with Crippen molar-refractivity contribution < 1.29 is 8.98 Å². The maximum absolute atomic E-state index is 11.4. The van der Waals surface area contributed by atoms with Crippen LogP contribution in [0.3, 0.4) is 0 Å². The molecule has 1 aliphatic rings. The highest BCUT2D eigenvalue weighted by atomic mass is 32.2. The minimum absolute atomic E-state index is 0.349. The van der Waals surface area contributed by atoms with Gasteiger partial charge in [-0.3, -0.25) is 8.98 Å². The molecule has 0 heterocycles. The van der Waals surface area contributed by atoms with Crippen LogP contribution in [0.4, 0.5) is 0 Å². The summed E-state index contributed by atoms with van der Waals surface area (Å²) in [5.74, 6) is 1.10. The van der Waals surface area contributed by atoms with Crippen LogP contribution >= 0.6 is 12.0 Å². The summed E-state index contributed by atoms with van der Waals surface area (Å²) in [6.45, 7) is 4.25. The molecule has 1 rings (SSSR count). The van der Waals surface area contributed by atoms with E-state index in [0.717, 1.165) is 31.4 Å². The molecule has 0 saturated heterocycles. The number of carbonyl (C=O) groups is 1. The Morgan fingerprint density at radius 2 is 2.33 bits per heavy atom. The number of amides is 1. The molecule has 0 aromatic rings. The van der Waals surface area contributed by atoms with Crippen molar-refractivity contribution in [2.75, 3.05) is 5.75 Å². The van der Waals surface area contributed by atoms with E-state index in [4.69, 9.17) is 9.92 Å². The number of hydrogen-bond acceptors (Lipinski definition) is 3. The van der Waals surface area contributed by atoms with Gasteiger partial charge in [0.25, 0.3) is 5.91 Å². The minimum atomic E-state index is -0.808. The Balaban J connectivity index is 2.46. The van der Waals surface area contributed by atoms with Gasteiger partial charge in [-0.1, -0.05) is 20.3 Å². The van der Waals surface area contributed by atoms with Gasteiger partial charge in [0.05, 0.1) is 0 Å². The Kier molecular flexibility index (Phi) is 4.93. The summed E-state index contributed by atoms with van der Waals surface area (Å²) in [4.78, 5) is 11.4. The molecule has 1 fully saturated rings. The summed E-state index contributed by atoms with van der Waals surface area (Å²) in [5.41, 5.74) is 4.60. The predicted octanol–water partition coefficient (Wildman–Crippen LogP) is 2.31. The van der Waals surface area contributed by atoms with Gasteiger partial charge in [-0.05, 0) is 37.2 Å². The SMILES string of the molecule is CC(C)CSOC1(C(N)=O)[CH]CCCC1. The molecule has 1 amide bonds. The highest BCUT2D eigenvalue weighted by molar-refractivity contribution is 7.94. The first-order valence-corrected chi connectivity index (χ1v) is 6.43. The van der Waals surface area contributed by atoms with E-state index in [2.05, 4.69) is 13.8 Å². The number of nitrogens with two attached hydrogens (primary N) is 1. The van der Waals surface area contributed by atoms with Crippen molar-refractivity contribution in [3.05, 3.63) is 6.42 Å². The molecule has 2 N–H and O–H groups in total. The largest absolute Gasteiger partial charge is 0.367 e. The third-order valence-electron chi connectivity index (χ3n) is 2.50.